The third-order valence-electron chi connectivity index (χ3n) is 6.76. The molecule has 0 amide bonds. The molecule has 180 valence electrons. The Kier molecular flexibility index (Phi) is 4.83. The first-order valence-electron chi connectivity index (χ1n) is 11.4. The lowest BCUT2D eigenvalue weighted by atomic mass is 9.88. The molecule has 3 aromatic carbocycles. The molecule has 1 N–H and O–H groups in total. The van der Waals surface area contributed by atoms with Gasteiger partial charge >= 0.3 is 12.3 Å². The zero-order valence-electron chi connectivity index (χ0n) is 18.8. The van der Waals surface area contributed by atoms with Gasteiger partial charge in [0.05, 0.1) is 16.7 Å². The van der Waals surface area contributed by atoms with Crippen LogP contribution in [0.4, 0.5) is 8.78 Å². The van der Waals surface area contributed by atoms with E-state index >= 15 is 0 Å². The molecule has 4 aromatic rings. The number of aromatic nitrogens is 1. The second-order valence-electron chi connectivity index (χ2n) is 9.08. The van der Waals surface area contributed by atoms with E-state index in [0.29, 0.717) is 35.4 Å². The van der Waals surface area contributed by atoms with Crippen molar-refractivity contribution in [3.05, 3.63) is 89.6 Å². The van der Waals surface area contributed by atoms with Crippen molar-refractivity contribution < 1.29 is 33.0 Å². The quantitative estimate of drug-likeness (QED) is 0.372. The first kappa shape index (κ1) is 22.2. The summed E-state index contributed by atoms with van der Waals surface area (Å²) in [5.41, 5.74) is 1.75. The Bertz CT molecular complexity index is 1560. The molecule has 2 aliphatic rings. The third kappa shape index (κ3) is 3.75. The van der Waals surface area contributed by atoms with Crippen molar-refractivity contribution >= 4 is 22.5 Å². The number of nitrogens with zero attached hydrogens (tertiary/aromatic N) is 1. The molecule has 1 aromatic heterocycles. The Balaban J connectivity index is 1.35. The number of alkyl halides is 2. The van der Waals surface area contributed by atoms with Crippen molar-refractivity contribution in [2.24, 2.45) is 0 Å². The Morgan fingerprint density at radius 2 is 1.69 bits per heavy atom. The van der Waals surface area contributed by atoms with Crippen molar-refractivity contribution in [1.29, 1.82) is 0 Å². The highest BCUT2D eigenvalue weighted by atomic mass is 19.3. The van der Waals surface area contributed by atoms with E-state index in [2.05, 4.69) is 9.47 Å². The molecular weight excluding hydrogens is 468 g/mol. The molecule has 0 atom stereocenters. The largest absolute Gasteiger partial charge is 0.586 e. The molecule has 0 radical (unpaired) electrons. The Morgan fingerprint density at radius 1 is 0.917 bits per heavy atom. The van der Waals surface area contributed by atoms with Gasteiger partial charge in [-0.15, -0.1) is 8.78 Å². The van der Waals surface area contributed by atoms with Crippen LogP contribution in [-0.4, -0.2) is 28.1 Å². The van der Waals surface area contributed by atoms with E-state index in [4.69, 9.17) is 4.98 Å². The van der Waals surface area contributed by atoms with Crippen molar-refractivity contribution in [3.8, 4) is 22.8 Å². The fourth-order valence-corrected chi connectivity index (χ4v) is 4.80. The maximum Gasteiger partial charge on any atom is 0.586 e. The number of aromatic carboxylic acids is 1. The summed E-state index contributed by atoms with van der Waals surface area (Å²) in [6.45, 7) is 0. The molecule has 0 spiro atoms. The van der Waals surface area contributed by atoms with Crippen LogP contribution in [-0.2, 0) is 16.6 Å². The van der Waals surface area contributed by atoms with Gasteiger partial charge in [-0.1, -0.05) is 42.5 Å². The van der Waals surface area contributed by atoms with E-state index in [0.717, 1.165) is 10.8 Å². The molecule has 0 saturated heterocycles. The molecule has 1 saturated carbocycles. The van der Waals surface area contributed by atoms with Crippen LogP contribution in [0, 0.1) is 0 Å². The van der Waals surface area contributed by atoms with E-state index in [1.165, 1.54) is 18.2 Å². The van der Waals surface area contributed by atoms with Crippen LogP contribution in [0.1, 0.15) is 34.5 Å². The lowest BCUT2D eigenvalue weighted by Gasteiger charge is -2.16. The Hall–Kier alpha value is -4.33. The van der Waals surface area contributed by atoms with Gasteiger partial charge in [0.15, 0.2) is 11.5 Å². The minimum Gasteiger partial charge on any atom is -0.478 e. The smallest absolute Gasteiger partial charge is 0.478 e. The van der Waals surface area contributed by atoms with E-state index in [1.807, 2.05) is 30.3 Å². The normalized spacial score (nSPS) is 16.6. The van der Waals surface area contributed by atoms with Gasteiger partial charge < -0.3 is 14.6 Å². The van der Waals surface area contributed by atoms with Crippen LogP contribution in [0.25, 0.3) is 22.0 Å². The fraction of sp³-hybridized carbons (Fsp3) is 0.179. The zero-order valence-corrected chi connectivity index (χ0v) is 18.8. The number of ether oxygens (including phenoxy) is 2. The summed E-state index contributed by atoms with van der Waals surface area (Å²) < 4.78 is 35.9. The second kappa shape index (κ2) is 7.84. The van der Waals surface area contributed by atoms with Gasteiger partial charge in [0.2, 0.25) is 0 Å². The SMILES string of the molecule is O=C(O)c1cccc(-c2nc(CC(=O)C3(c4ccc5c(c4)OC(F)(F)O5)CC3)cc3ccccc23)c1. The second-order valence-corrected chi connectivity index (χ2v) is 9.08. The molecule has 0 unspecified atom stereocenters. The summed E-state index contributed by atoms with van der Waals surface area (Å²) in [5, 5.41) is 11.1. The lowest BCUT2D eigenvalue weighted by molar-refractivity contribution is -0.286. The number of hydrogen-bond acceptors (Lipinski definition) is 5. The number of Topliss-reactive ketones (excluding diaryl/α,β-unsaturated/α-hetero) is 1. The summed E-state index contributed by atoms with van der Waals surface area (Å²) in [6, 6.07) is 20.5. The number of benzene rings is 3. The number of carbonyl (C=O) groups is 2. The van der Waals surface area contributed by atoms with E-state index in [-0.39, 0.29) is 29.3 Å². The highest BCUT2D eigenvalue weighted by Gasteiger charge is 2.52. The van der Waals surface area contributed by atoms with Crippen molar-refractivity contribution in [2.45, 2.75) is 31.0 Å². The molecule has 6 nitrogen and oxygen atoms in total. The van der Waals surface area contributed by atoms with Crippen LogP contribution in [0.15, 0.2) is 72.8 Å². The minimum atomic E-state index is -3.72. The number of carboxylic acid groups (broad SMARTS) is 1. The van der Waals surface area contributed by atoms with Gasteiger partial charge in [-0.2, -0.15) is 0 Å². The Labute approximate surface area is 204 Å². The summed E-state index contributed by atoms with van der Waals surface area (Å²) in [7, 11) is 0. The number of pyridine rings is 1. The first-order valence-corrected chi connectivity index (χ1v) is 11.4. The minimum absolute atomic E-state index is 0.0427. The molecule has 8 heteroatoms. The van der Waals surface area contributed by atoms with Gasteiger partial charge in [-0.3, -0.25) is 9.78 Å². The lowest BCUT2D eigenvalue weighted by Crippen LogP contribution is -2.26. The number of ketones is 1. The fourth-order valence-electron chi connectivity index (χ4n) is 4.80. The Morgan fingerprint density at radius 3 is 2.47 bits per heavy atom. The number of hydrogen-bond donors (Lipinski definition) is 1. The summed E-state index contributed by atoms with van der Waals surface area (Å²) in [4.78, 5) is 29.8. The number of carbonyl (C=O) groups excluding carboxylic acids is 1. The predicted molar refractivity (Wildman–Crippen MR) is 126 cm³/mol. The zero-order chi connectivity index (χ0) is 25.1. The maximum absolute atomic E-state index is 13.5. The monoisotopic (exact) mass is 487 g/mol. The van der Waals surface area contributed by atoms with Crippen LogP contribution in [0.5, 0.6) is 11.5 Å². The van der Waals surface area contributed by atoms with Crippen LogP contribution >= 0.6 is 0 Å². The summed E-state index contributed by atoms with van der Waals surface area (Å²) >= 11 is 0. The standard InChI is InChI=1S/C28H19F2NO5/c29-28(30)35-22-9-8-19(14-23(22)36-28)27(10-11-27)24(32)15-20-13-16-4-1-2-7-21(16)25(31-20)17-5-3-6-18(12-17)26(33)34/h1-9,12-14H,10-11,15H2,(H,33,34). The molecule has 6 rings (SSSR count). The number of halogens is 2. The highest BCUT2D eigenvalue weighted by Crippen LogP contribution is 2.52. The average molecular weight is 487 g/mol. The van der Waals surface area contributed by atoms with E-state index in [1.54, 1.807) is 24.3 Å². The van der Waals surface area contributed by atoms with Gasteiger partial charge in [-0.05, 0) is 54.1 Å². The molecule has 1 aliphatic heterocycles. The third-order valence-corrected chi connectivity index (χ3v) is 6.76. The topological polar surface area (TPSA) is 85.7 Å². The van der Waals surface area contributed by atoms with Crippen LogP contribution in [0.3, 0.4) is 0 Å². The molecular formula is C28H19F2NO5. The average Bonchev–Trinajstić information content (AvgIpc) is 3.60. The molecule has 36 heavy (non-hydrogen) atoms. The van der Waals surface area contributed by atoms with E-state index < -0.39 is 17.7 Å². The summed E-state index contributed by atoms with van der Waals surface area (Å²) in [6.07, 6.45) is -2.47. The van der Waals surface area contributed by atoms with Crippen LogP contribution in [0.2, 0.25) is 0 Å². The molecule has 1 fully saturated rings. The molecule has 2 heterocycles. The predicted octanol–water partition coefficient (Wildman–Crippen LogP) is 5.76. The van der Waals surface area contributed by atoms with Crippen molar-refractivity contribution in [3.63, 3.8) is 0 Å². The van der Waals surface area contributed by atoms with Gasteiger partial charge in [0.25, 0.3) is 0 Å². The van der Waals surface area contributed by atoms with Crippen molar-refractivity contribution in [2.75, 3.05) is 0 Å². The van der Waals surface area contributed by atoms with Gasteiger partial charge in [0.1, 0.15) is 5.78 Å². The first-order chi connectivity index (χ1) is 17.2. The van der Waals surface area contributed by atoms with Gasteiger partial charge in [-0.25, -0.2) is 4.79 Å². The van der Waals surface area contributed by atoms with E-state index in [9.17, 15) is 23.5 Å². The maximum atomic E-state index is 13.5. The van der Waals surface area contributed by atoms with Crippen LogP contribution < -0.4 is 9.47 Å². The number of rotatable bonds is 6. The summed E-state index contributed by atoms with van der Waals surface area (Å²) in [5.74, 6) is -1.25. The molecule has 0 bridgehead atoms. The number of fused-ring (bicyclic) bond motifs is 2. The number of carboxylic acids is 1. The van der Waals surface area contributed by atoms with Gasteiger partial charge in [0, 0.05) is 23.1 Å². The highest BCUT2D eigenvalue weighted by molar-refractivity contribution is 5.98. The molecule has 1 aliphatic carbocycles. The van der Waals surface area contributed by atoms with Crippen molar-refractivity contribution in [1.82, 2.24) is 4.98 Å².